The number of rotatable bonds is 4. The van der Waals surface area contributed by atoms with Gasteiger partial charge in [0, 0.05) is 17.6 Å². The Balaban J connectivity index is 1.63. The highest BCUT2D eigenvalue weighted by Gasteiger charge is 2.13. The third-order valence-electron chi connectivity index (χ3n) is 2.38. The van der Waals surface area contributed by atoms with Gasteiger partial charge in [-0.3, -0.25) is 4.98 Å². The SMILES string of the molecule is c1ncc(CNC[C@H]2CCNC2)s1. The summed E-state index contributed by atoms with van der Waals surface area (Å²) >= 11 is 1.72. The van der Waals surface area contributed by atoms with E-state index in [-0.39, 0.29) is 0 Å². The number of hydrogen-bond donors (Lipinski definition) is 2. The zero-order chi connectivity index (χ0) is 8.93. The lowest BCUT2D eigenvalue weighted by molar-refractivity contribution is 0.514. The van der Waals surface area contributed by atoms with Crippen LogP contribution in [0.2, 0.25) is 0 Å². The van der Waals surface area contributed by atoms with Gasteiger partial charge in [-0.2, -0.15) is 0 Å². The normalized spacial score (nSPS) is 22.3. The number of nitrogens with zero attached hydrogens (tertiary/aromatic N) is 1. The van der Waals surface area contributed by atoms with Crippen LogP contribution in [0.1, 0.15) is 11.3 Å². The quantitative estimate of drug-likeness (QED) is 0.751. The largest absolute Gasteiger partial charge is 0.316 e. The first-order valence-corrected chi connectivity index (χ1v) is 5.62. The maximum atomic E-state index is 4.04. The van der Waals surface area contributed by atoms with Crippen LogP contribution in [0, 0.1) is 5.92 Å². The van der Waals surface area contributed by atoms with Crippen LogP contribution in [-0.2, 0) is 6.54 Å². The number of hydrogen-bond acceptors (Lipinski definition) is 4. The monoisotopic (exact) mass is 197 g/mol. The molecule has 0 spiro atoms. The van der Waals surface area contributed by atoms with Crippen LogP contribution in [0.25, 0.3) is 0 Å². The Kier molecular flexibility index (Phi) is 3.29. The first-order valence-electron chi connectivity index (χ1n) is 4.74. The second-order valence-electron chi connectivity index (χ2n) is 3.46. The van der Waals surface area contributed by atoms with Crippen molar-refractivity contribution in [3.05, 3.63) is 16.6 Å². The van der Waals surface area contributed by atoms with Crippen molar-refractivity contribution in [2.75, 3.05) is 19.6 Å². The summed E-state index contributed by atoms with van der Waals surface area (Å²) < 4.78 is 0. The van der Waals surface area contributed by atoms with E-state index in [2.05, 4.69) is 15.6 Å². The lowest BCUT2D eigenvalue weighted by atomic mass is 10.1. The minimum atomic E-state index is 0.827. The number of nitrogens with one attached hydrogen (secondary N) is 2. The molecule has 0 aliphatic carbocycles. The Morgan fingerprint density at radius 2 is 2.69 bits per heavy atom. The second-order valence-corrected chi connectivity index (χ2v) is 4.43. The summed E-state index contributed by atoms with van der Waals surface area (Å²) in [5.74, 6) is 0.827. The van der Waals surface area contributed by atoms with Gasteiger partial charge in [-0.1, -0.05) is 0 Å². The molecule has 3 nitrogen and oxygen atoms in total. The van der Waals surface area contributed by atoms with Crippen LogP contribution in [0.5, 0.6) is 0 Å². The van der Waals surface area contributed by atoms with Gasteiger partial charge in [0.2, 0.25) is 0 Å². The van der Waals surface area contributed by atoms with Gasteiger partial charge in [0.05, 0.1) is 5.51 Å². The van der Waals surface area contributed by atoms with Gasteiger partial charge < -0.3 is 10.6 Å². The molecule has 2 rings (SSSR count). The molecule has 1 fully saturated rings. The summed E-state index contributed by atoms with van der Waals surface area (Å²) in [6, 6.07) is 0. The van der Waals surface area contributed by atoms with Crippen LogP contribution in [-0.4, -0.2) is 24.6 Å². The predicted molar refractivity (Wildman–Crippen MR) is 54.8 cm³/mol. The highest BCUT2D eigenvalue weighted by Crippen LogP contribution is 2.07. The van der Waals surface area contributed by atoms with Crippen LogP contribution in [0.4, 0.5) is 0 Å². The Hall–Kier alpha value is -0.450. The lowest BCUT2D eigenvalue weighted by Crippen LogP contribution is -2.23. The molecule has 0 bridgehead atoms. The van der Waals surface area contributed by atoms with E-state index in [1.165, 1.54) is 24.4 Å². The summed E-state index contributed by atoms with van der Waals surface area (Å²) in [5.41, 5.74) is 1.88. The van der Waals surface area contributed by atoms with Crippen molar-refractivity contribution in [3.63, 3.8) is 0 Å². The average molecular weight is 197 g/mol. The van der Waals surface area contributed by atoms with E-state index in [0.717, 1.165) is 19.0 Å². The van der Waals surface area contributed by atoms with Crippen LogP contribution >= 0.6 is 11.3 Å². The minimum absolute atomic E-state index is 0.827. The lowest BCUT2D eigenvalue weighted by Gasteiger charge is -2.08. The average Bonchev–Trinajstić information content (AvgIpc) is 2.75. The number of aromatic nitrogens is 1. The highest BCUT2D eigenvalue weighted by atomic mass is 32.1. The molecule has 4 heteroatoms. The van der Waals surface area contributed by atoms with E-state index in [0.29, 0.717) is 0 Å². The van der Waals surface area contributed by atoms with Crippen molar-refractivity contribution in [2.24, 2.45) is 5.92 Å². The number of thiazole rings is 1. The molecule has 1 aromatic heterocycles. The standard InChI is InChI=1S/C9H15N3S/c1-2-10-3-8(1)4-11-5-9-6-12-7-13-9/h6-8,10-11H,1-5H2/t8-/m0/s1. The van der Waals surface area contributed by atoms with Crippen molar-refractivity contribution in [3.8, 4) is 0 Å². The third kappa shape index (κ3) is 2.76. The first kappa shape index (κ1) is 9.12. The van der Waals surface area contributed by atoms with Crippen LogP contribution in [0.15, 0.2) is 11.7 Å². The Labute approximate surface area is 82.6 Å². The summed E-state index contributed by atoms with van der Waals surface area (Å²) in [5, 5.41) is 6.83. The molecule has 0 amide bonds. The first-order chi connectivity index (χ1) is 6.45. The van der Waals surface area contributed by atoms with Gasteiger partial charge in [0.25, 0.3) is 0 Å². The topological polar surface area (TPSA) is 37.0 Å². The highest BCUT2D eigenvalue weighted by molar-refractivity contribution is 7.09. The zero-order valence-electron chi connectivity index (χ0n) is 7.62. The fraction of sp³-hybridized carbons (Fsp3) is 0.667. The molecule has 1 aliphatic rings. The summed E-state index contributed by atoms with van der Waals surface area (Å²) in [6.07, 6.45) is 3.25. The van der Waals surface area contributed by atoms with Crippen molar-refractivity contribution < 1.29 is 0 Å². The maximum absolute atomic E-state index is 4.04. The molecule has 0 unspecified atom stereocenters. The smallest absolute Gasteiger partial charge is 0.0794 e. The van der Waals surface area contributed by atoms with Gasteiger partial charge in [-0.25, -0.2) is 0 Å². The fourth-order valence-corrected chi connectivity index (χ4v) is 2.18. The van der Waals surface area contributed by atoms with Gasteiger partial charge in [-0.05, 0) is 32.0 Å². The van der Waals surface area contributed by atoms with E-state index >= 15 is 0 Å². The third-order valence-corrected chi connectivity index (χ3v) is 3.16. The summed E-state index contributed by atoms with van der Waals surface area (Å²) in [4.78, 5) is 5.36. The van der Waals surface area contributed by atoms with Crippen LogP contribution in [0.3, 0.4) is 0 Å². The summed E-state index contributed by atoms with van der Waals surface area (Å²) in [7, 11) is 0. The maximum Gasteiger partial charge on any atom is 0.0794 e. The van der Waals surface area contributed by atoms with E-state index in [9.17, 15) is 0 Å². The van der Waals surface area contributed by atoms with Gasteiger partial charge in [0.15, 0.2) is 0 Å². The van der Waals surface area contributed by atoms with Crippen molar-refractivity contribution >= 4 is 11.3 Å². The fourth-order valence-electron chi connectivity index (χ4n) is 1.62. The zero-order valence-corrected chi connectivity index (χ0v) is 8.44. The van der Waals surface area contributed by atoms with E-state index in [1.807, 2.05) is 11.7 Å². The molecule has 13 heavy (non-hydrogen) atoms. The molecule has 1 aliphatic heterocycles. The molecule has 2 heterocycles. The molecule has 0 radical (unpaired) electrons. The molecule has 1 saturated heterocycles. The minimum Gasteiger partial charge on any atom is -0.316 e. The Morgan fingerprint density at radius 3 is 3.38 bits per heavy atom. The van der Waals surface area contributed by atoms with E-state index in [1.54, 1.807) is 11.3 Å². The van der Waals surface area contributed by atoms with Crippen molar-refractivity contribution in [2.45, 2.75) is 13.0 Å². The molecule has 0 saturated carbocycles. The molecular formula is C9H15N3S. The predicted octanol–water partition coefficient (Wildman–Crippen LogP) is 0.842. The van der Waals surface area contributed by atoms with Crippen molar-refractivity contribution in [1.29, 1.82) is 0 Å². The van der Waals surface area contributed by atoms with E-state index in [4.69, 9.17) is 0 Å². The molecule has 0 aromatic carbocycles. The van der Waals surface area contributed by atoms with Gasteiger partial charge >= 0.3 is 0 Å². The van der Waals surface area contributed by atoms with Gasteiger partial charge in [0.1, 0.15) is 0 Å². The van der Waals surface area contributed by atoms with Crippen LogP contribution < -0.4 is 10.6 Å². The molecular weight excluding hydrogens is 182 g/mol. The molecule has 2 N–H and O–H groups in total. The van der Waals surface area contributed by atoms with Gasteiger partial charge in [-0.15, -0.1) is 11.3 Å². The summed E-state index contributed by atoms with van der Waals surface area (Å²) in [6.45, 7) is 4.47. The molecule has 1 aromatic rings. The Morgan fingerprint density at radius 1 is 1.69 bits per heavy atom. The molecule has 1 atom stereocenters. The Bertz CT molecular complexity index is 229. The van der Waals surface area contributed by atoms with E-state index < -0.39 is 0 Å². The van der Waals surface area contributed by atoms with Crippen molar-refractivity contribution in [1.82, 2.24) is 15.6 Å². The second kappa shape index (κ2) is 4.69. The molecule has 72 valence electrons.